The number of hydrogen-bond acceptors (Lipinski definition) is 2. The van der Waals surface area contributed by atoms with Crippen molar-refractivity contribution in [1.82, 2.24) is 15.1 Å². The number of carbonyl (C=O) groups excluding carboxylic acids is 2. The lowest BCUT2D eigenvalue weighted by molar-refractivity contribution is -0.130. The van der Waals surface area contributed by atoms with Crippen LogP contribution in [-0.2, 0) is 4.79 Å². The zero-order chi connectivity index (χ0) is 18.7. The van der Waals surface area contributed by atoms with Crippen LogP contribution in [0.5, 0.6) is 0 Å². The van der Waals surface area contributed by atoms with Crippen LogP contribution < -0.4 is 5.32 Å². The molecule has 148 valence electrons. The van der Waals surface area contributed by atoms with Crippen molar-refractivity contribution >= 4 is 11.9 Å². The van der Waals surface area contributed by atoms with Gasteiger partial charge in [0.15, 0.2) is 0 Å². The van der Waals surface area contributed by atoms with E-state index in [1.807, 2.05) is 30.7 Å². The average Bonchev–Trinajstić information content (AvgIpc) is 2.58. The van der Waals surface area contributed by atoms with E-state index in [0.29, 0.717) is 24.8 Å². The van der Waals surface area contributed by atoms with Gasteiger partial charge in [0.25, 0.3) is 0 Å². The highest BCUT2D eigenvalue weighted by Gasteiger charge is 2.51. The summed E-state index contributed by atoms with van der Waals surface area (Å²) in [6.07, 6.45) is 9.53. The first kappa shape index (κ1) is 19.5. The quantitative estimate of drug-likeness (QED) is 0.671. The lowest BCUT2D eigenvalue weighted by Gasteiger charge is -2.57. The summed E-state index contributed by atoms with van der Waals surface area (Å²) in [7, 11) is 1.94. The van der Waals surface area contributed by atoms with Gasteiger partial charge in [0.05, 0.1) is 0 Å². The van der Waals surface area contributed by atoms with Gasteiger partial charge in [-0.3, -0.25) is 4.79 Å². The third kappa shape index (κ3) is 4.34. The zero-order valence-corrected chi connectivity index (χ0v) is 16.9. The molecule has 4 aliphatic carbocycles. The van der Waals surface area contributed by atoms with Crippen LogP contribution in [0, 0.1) is 23.2 Å². The Hall–Kier alpha value is -1.26. The highest BCUT2D eigenvalue weighted by atomic mass is 16.2. The molecule has 4 rings (SSSR count). The highest BCUT2D eigenvalue weighted by Crippen LogP contribution is 2.60. The number of carbonyl (C=O) groups is 2. The van der Waals surface area contributed by atoms with Gasteiger partial charge in [0.2, 0.25) is 5.91 Å². The number of urea groups is 1. The fraction of sp³-hybridized carbons (Fsp3) is 0.905. The van der Waals surface area contributed by atoms with Crippen LogP contribution in [0.15, 0.2) is 0 Å². The van der Waals surface area contributed by atoms with Crippen molar-refractivity contribution in [3.63, 3.8) is 0 Å². The van der Waals surface area contributed by atoms with Crippen molar-refractivity contribution in [3.8, 4) is 0 Å². The molecule has 0 saturated heterocycles. The number of rotatable bonds is 8. The van der Waals surface area contributed by atoms with Crippen LogP contribution in [-0.4, -0.2) is 55.0 Å². The fourth-order valence-electron chi connectivity index (χ4n) is 6.36. The minimum absolute atomic E-state index is 0.0241. The first-order chi connectivity index (χ1) is 12.4. The van der Waals surface area contributed by atoms with Crippen LogP contribution in [0.4, 0.5) is 4.79 Å². The smallest absolute Gasteiger partial charge is 0.317 e. The first-order valence-electron chi connectivity index (χ1n) is 10.7. The average molecular weight is 364 g/mol. The minimum Gasteiger partial charge on any atom is -0.343 e. The van der Waals surface area contributed by atoms with E-state index in [0.717, 1.165) is 37.4 Å². The molecule has 4 saturated carbocycles. The Morgan fingerprint density at radius 3 is 2.04 bits per heavy atom. The van der Waals surface area contributed by atoms with E-state index in [1.54, 1.807) is 0 Å². The van der Waals surface area contributed by atoms with Crippen molar-refractivity contribution in [3.05, 3.63) is 0 Å². The maximum absolute atomic E-state index is 12.5. The Bertz CT molecular complexity index is 480. The Morgan fingerprint density at radius 1 is 1.00 bits per heavy atom. The number of nitrogens with zero attached hydrogens (tertiary/aromatic N) is 2. The molecule has 0 unspecified atom stereocenters. The molecule has 5 heteroatoms. The summed E-state index contributed by atoms with van der Waals surface area (Å²) in [5.74, 6) is 2.95. The second kappa shape index (κ2) is 8.18. The van der Waals surface area contributed by atoms with Crippen LogP contribution in [0.2, 0.25) is 0 Å². The Balaban J connectivity index is 1.39. The zero-order valence-electron chi connectivity index (χ0n) is 16.9. The monoisotopic (exact) mass is 363 g/mol. The normalized spacial score (nSPS) is 31.7. The molecule has 26 heavy (non-hydrogen) atoms. The molecule has 0 radical (unpaired) electrons. The maximum atomic E-state index is 12.5. The van der Waals surface area contributed by atoms with Gasteiger partial charge in [-0.25, -0.2) is 4.79 Å². The Morgan fingerprint density at radius 2 is 1.54 bits per heavy atom. The van der Waals surface area contributed by atoms with E-state index < -0.39 is 0 Å². The van der Waals surface area contributed by atoms with E-state index in [4.69, 9.17) is 0 Å². The second-order valence-electron chi connectivity index (χ2n) is 9.18. The van der Waals surface area contributed by atoms with Gasteiger partial charge in [0, 0.05) is 39.6 Å². The molecular formula is C21H37N3O2. The van der Waals surface area contributed by atoms with Crippen molar-refractivity contribution < 1.29 is 9.59 Å². The number of nitrogens with one attached hydrogen (secondary N) is 1. The summed E-state index contributed by atoms with van der Waals surface area (Å²) in [6, 6.07) is 0.0241. The Labute approximate surface area is 158 Å². The molecule has 0 aliphatic heterocycles. The predicted molar refractivity (Wildman–Crippen MR) is 104 cm³/mol. The van der Waals surface area contributed by atoms with Crippen LogP contribution in [0.3, 0.4) is 0 Å². The molecule has 1 N–H and O–H groups in total. The number of amides is 3. The topological polar surface area (TPSA) is 52.7 Å². The van der Waals surface area contributed by atoms with E-state index in [-0.39, 0.29) is 11.9 Å². The third-order valence-corrected chi connectivity index (χ3v) is 7.04. The van der Waals surface area contributed by atoms with Crippen LogP contribution in [0.25, 0.3) is 0 Å². The Kier molecular flexibility index (Phi) is 6.13. The molecule has 0 aromatic carbocycles. The summed E-state index contributed by atoms with van der Waals surface area (Å²) in [4.78, 5) is 28.2. The van der Waals surface area contributed by atoms with Crippen molar-refractivity contribution in [2.45, 2.75) is 65.2 Å². The van der Waals surface area contributed by atoms with E-state index >= 15 is 0 Å². The largest absolute Gasteiger partial charge is 0.343 e. The van der Waals surface area contributed by atoms with Gasteiger partial charge in [-0.05, 0) is 82.0 Å². The van der Waals surface area contributed by atoms with Crippen molar-refractivity contribution in [1.29, 1.82) is 0 Å². The SMILES string of the molecule is CCN(CC)C(=O)CCCNC(=O)N(C)CC12CC3CC(CC(C3)C1)C2. The molecule has 3 amide bonds. The third-order valence-electron chi connectivity index (χ3n) is 7.04. The standard InChI is InChI=1S/C21H37N3O2/c1-4-24(5-2)19(25)7-6-8-22-20(26)23(3)15-21-12-16-9-17(13-21)11-18(10-16)14-21/h16-18H,4-15H2,1-3H3,(H,22,26). The van der Waals surface area contributed by atoms with E-state index in [1.165, 1.54) is 38.5 Å². The predicted octanol–water partition coefficient (Wildman–Crippen LogP) is 3.49. The summed E-state index contributed by atoms with van der Waals surface area (Å²) in [6.45, 7) is 7.01. The van der Waals surface area contributed by atoms with Gasteiger partial charge < -0.3 is 15.1 Å². The van der Waals surface area contributed by atoms with Crippen molar-refractivity contribution in [2.24, 2.45) is 23.2 Å². The van der Waals surface area contributed by atoms with Gasteiger partial charge in [0.1, 0.15) is 0 Å². The van der Waals surface area contributed by atoms with Gasteiger partial charge in [-0.2, -0.15) is 0 Å². The molecule has 4 fully saturated rings. The molecule has 0 spiro atoms. The minimum atomic E-state index is 0.0241. The second-order valence-corrected chi connectivity index (χ2v) is 9.18. The summed E-state index contributed by atoms with van der Waals surface area (Å²) >= 11 is 0. The lowest BCUT2D eigenvalue weighted by atomic mass is 9.49. The highest BCUT2D eigenvalue weighted by molar-refractivity contribution is 5.76. The molecule has 0 aromatic heterocycles. The van der Waals surface area contributed by atoms with E-state index in [2.05, 4.69) is 5.32 Å². The van der Waals surface area contributed by atoms with Gasteiger partial charge in [-0.1, -0.05) is 0 Å². The van der Waals surface area contributed by atoms with E-state index in [9.17, 15) is 9.59 Å². The fourth-order valence-corrected chi connectivity index (χ4v) is 6.36. The summed E-state index contributed by atoms with van der Waals surface area (Å²) in [5, 5.41) is 3.01. The first-order valence-corrected chi connectivity index (χ1v) is 10.7. The lowest BCUT2D eigenvalue weighted by Crippen LogP contribution is -2.52. The van der Waals surface area contributed by atoms with Crippen molar-refractivity contribution in [2.75, 3.05) is 33.2 Å². The maximum Gasteiger partial charge on any atom is 0.317 e. The van der Waals surface area contributed by atoms with Gasteiger partial charge >= 0.3 is 6.03 Å². The molecular weight excluding hydrogens is 326 g/mol. The molecule has 5 nitrogen and oxygen atoms in total. The van der Waals surface area contributed by atoms with Gasteiger partial charge in [-0.15, -0.1) is 0 Å². The molecule has 4 bridgehead atoms. The summed E-state index contributed by atoms with van der Waals surface area (Å²) < 4.78 is 0. The molecule has 0 heterocycles. The molecule has 4 aliphatic rings. The molecule has 0 aromatic rings. The summed E-state index contributed by atoms with van der Waals surface area (Å²) in [5.41, 5.74) is 0.388. The number of hydrogen-bond donors (Lipinski definition) is 1. The van der Waals surface area contributed by atoms with Crippen LogP contribution in [0.1, 0.15) is 65.2 Å². The molecule has 0 atom stereocenters. The van der Waals surface area contributed by atoms with Crippen LogP contribution >= 0.6 is 0 Å².